The van der Waals surface area contributed by atoms with E-state index in [0.29, 0.717) is 18.7 Å². The molecule has 1 heterocycles. The van der Waals surface area contributed by atoms with Gasteiger partial charge in [0.25, 0.3) is 0 Å². The van der Waals surface area contributed by atoms with Gasteiger partial charge < -0.3 is 5.11 Å². The van der Waals surface area contributed by atoms with E-state index in [1.807, 2.05) is 4.72 Å². The highest BCUT2D eigenvalue weighted by atomic mass is 32.2. The third-order valence-electron chi connectivity index (χ3n) is 4.11. The van der Waals surface area contributed by atoms with Crippen molar-refractivity contribution in [2.24, 2.45) is 0 Å². The van der Waals surface area contributed by atoms with Crippen molar-refractivity contribution in [2.75, 3.05) is 13.1 Å². The number of benzene rings is 1. The van der Waals surface area contributed by atoms with Crippen LogP contribution in [0.25, 0.3) is 0 Å². The van der Waals surface area contributed by atoms with Crippen LogP contribution in [0.1, 0.15) is 31.7 Å². The van der Waals surface area contributed by atoms with Gasteiger partial charge in [-0.25, -0.2) is 16.8 Å². The van der Waals surface area contributed by atoms with Gasteiger partial charge in [0.15, 0.2) is 0 Å². The predicted molar refractivity (Wildman–Crippen MR) is 91.2 cm³/mol. The number of hydrogen-bond acceptors (Lipinski definition) is 5. The maximum atomic E-state index is 12.8. The van der Waals surface area contributed by atoms with Gasteiger partial charge in [0.1, 0.15) is 6.04 Å². The number of nitrogens with one attached hydrogen (secondary N) is 1. The average Bonchev–Trinajstić information content (AvgIpc) is 2.55. The third kappa shape index (κ3) is 4.38. The van der Waals surface area contributed by atoms with Crippen molar-refractivity contribution in [3.05, 3.63) is 23.8 Å². The quantitative estimate of drug-likeness (QED) is 0.745. The number of rotatable bonds is 6. The minimum absolute atomic E-state index is 0.0692. The van der Waals surface area contributed by atoms with Crippen molar-refractivity contribution in [1.29, 1.82) is 0 Å². The molecule has 8 nitrogen and oxygen atoms in total. The van der Waals surface area contributed by atoms with Crippen LogP contribution in [0.3, 0.4) is 0 Å². The fourth-order valence-corrected chi connectivity index (χ4v) is 5.69. The van der Waals surface area contributed by atoms with Crippen molar-refractivity contribution < 1.29 is 26.7 Å². The van der Waals surface area contributed by atoms with Gasteiger partial charge in [0.05, 0.1) is 9.79 Å². The number of carboxylic acids is 1. The summed E-state index contributed by atoms with van der Waals surface area (Å²) in [4.78, 5) is 10.5. The van der Waals surface area contributed by atoms with Crippen molar-refractivity contribution in [3.8, 4) is 0 Å². The second-order valence-corrected chi connectivity index (χ2v) is 9.69. The molecule has 1 aromatic rings. The lowest BCUT2D eigenvalue weighted by molar-refractivity contribution is -0.138. The minimum atomic E-state index is -4.15. The SMILES string of the molecule is Cc1ccc(S(=O)(=O)N[C@H](C)C(=O)O)cc1S(=O)(=O)N1CCCCC1. The zero-order valence-corrected chi connectivity index (χ0v) is 15.7. The summed E-state index contributed by atoms with van der Waals surface area (Å²) in [5.41, 5.74) is 0.441. The van der Waals surface area contributed by atoms with E-state index in [0.717, 1.165) is 25.3 Å². The number of aryl methyl sites for hydroxylation is 1. The molecule has 0 radical (unpaired) electrons. The fraction of sp³-hybridized carbons (Fsp3) is 0.533. The van der Waals surface area contributed by atoms with E-state index in [2.05, 4.69) is 0 Å². The Morgan fingerprint density at radius 3 is 2.32 bits per heavy atom. The molecule has 1 aliphatic rings. The molecule has 0 bridgehead atoms. The van der Waals surface area contributed by atoms with Gasteiger partial charge in [-0.1, -0.05) is 12.5 Å². The standard InChI is InChI=1S/C15H22N2O6S2/c1-11-6-7-13(24(20,21)16-12(2)15(18)19)10-14(11)25(22,23)17-8-4-3-5-9-17/h6-7,10,12,16H,3-5,8-9H2,1-2H3,(H,18,19)/t12-/m1/s1. The summed E-state index contributed by atoms with van der Waals surface area (Å²) >= 11 is 0. The Bertz CT molecular complexity index is 858. The van der Waals surface area contributed by atoms with E-state index < -0.39 is 32.1 Å². The van der Waals surface area contributed by atoms with Crippen LogP contribution < -0.4 is 4.72 Å². The van der Waals surface area contributed by atoms with Crippen LogP contribution in [0.2, 0.25) is 0 Å². The van der Waals surface area contributed by atoms with Gasteiger partial charge >= 0.3 is 5.97 Å². The zero-order valence-electron chi connectivity index (χ0n) is 14.1. The minimum Gasteiger partial charge on any atom is -0.480 e. The predicted octanol–water partition coefficient (Wildman–Crippen LogP) is 0.921. The molecule has 0 saturated carbocycles. The zero-order chi connectivity index (χ0) is 18.8. The molecule has 1 atom stereocenters. The largest absolute Gasteiger partial charge is 0.480 e. The molecule has 1 aromatic carbocycles. The number of carbonyl (C=O) groups is 1. The molecule has 0 unspecified atom stereocenters. The maximum absolute atomic E-state index is 12.8. The summed E-state index contributed by atoms with van der Waals surface area (Å²) in [6.45, 7) is 3.61. The molecule has 10 heteroatoms. The second kappa shape index (κ2) is 7.40. The van der Waals surface area contributed by atoms with Crippen LogP contribution in [-0.2, 0) is 24.8 Å². The lowest BCUT2D eigenvalue weighted by atomic mass is 10.2. The fourth-order valence-electron chi connectivity index (χ4n) is 2.62. The summed E-state index contributed by atoms with van der Waals surface area (Å²) in [6, 6.07) is 2.45. The summed E-state index contributed by atoms with van der Waals surface area (Å²) in [5, 5.41) is 8.86. The molecule has 0 aliphatic carbocycles. The third-order valence-corrected chi connectivity index (χ3v) is 7.68. The first-order valence-corrected chi connectivity index (χ1v) is 10.8. The summed E-state index contributed by atoms with van der Waals surface area (Å²) < 4.78 is 53.7. The van der Waals surface area contributed by atoms with Crippen LogP contribution in [0.15, 0.2) is 28.0 Å². The van der Waals surface area contributed by atoms with E-state index in [9.17, 15) is 21.6 Å². The van der Waals surface area contributed by atoms with Crippen LogP contribution in [-0.4, -0.2) is 51.3 Å². The highest BCUT2D eigenvalue weighted by Crippen LogP contribution is 2.25. The normalized spacial score (nSPS) is 18.0. The molecule has 0 amide bonds. The number of sulfonamides is 2. The van der Waals surface area contributed by atoms with Gasteiger partial charge in [-0.05, 0) is 44.4 Å². The Labute approximate surface area is 147 Å². The molecule has 1 saturated heterocycles. The van der Waals surface area contributed by atoms with Crippen molar-refractivity contribution in [3.63, 3.8) is 0 Å². The molecular formula is C15H22N2O6S2. The first kappa shape index (κ1) is 19.8. The van der Waals surface area contributed by atoms with Gasteiger partial charge in [-0.3, -0.25) is 4.79 Å². The van der Waals surface area contributed by atoms with Gasteiger partial charge in [0, 0.05) is 13.1 Å². The van der Waals surface area contributed by atoms with E-state index in [-0.39, 0.29) is 9.79 Å². The van der Waals surface area contributed by atoms with E-state index >= 15 is 0 Å². The Balaban J connectivity index is 2.42. The number of piperidine rings is 1. The highest BCUT2D eigenvalue weighted by molar-refractivity contribution is 7.90. The summed E-state index contributed by atoms with van der Waals surface area (Å²) in [7, 11) is -7.94. The molecule has 1 fully saturated rings. The average molecular weight is 390 g/mol. The number of aliphatic carboxylic acids is 1. The monoisotopic (exact) mass is 390 g/mol. The highest BCUT2D eigenvalue weighted by Gasteiger charge is 2.29. The van der Waals surface area contributed by atoms with Gasteiger partial charge in [-0.15, -0.1) is 0 Å². The smallest absolute Gasteiger partial charge is 0.321 e. The Morgan fingerprint density at radius 2 is 1.76 bits per heavy atom. The van der Waals surface area contributed by atoms with Crippen LogP contribution in [0.5, 0.6) is 0 Å². The maximum Gasteiger partial charge on any atom is 0.321 e. The Hall–Kier alpha value is -1.49. The lowest BCUT2D eigenvalue weighted by Crippen LogP contribution is -2.38. The summed E-state index contributed by atoms with van der Waals surface area (Å²) in [5.74, 6) is -1.32. The van der Waals surface area contributed by atoms with Gasteiger partial charge in [-0.2, -0.15) is 9.03 Å². The van der Waals surface area contributed by atoms with E-state index in [4.69, 9.17) is 5.11 Å². The van der Waals surface area contributed by atoms with Crippen LogP contribution in [0.4, 0.5) is 0 Å². The molecule has 25 heavy (non-hydrogen) atoms. The Kier molecular flexibility index (Phi) is 5.87. The molecular weight excluding hydrogens is 368 g/mol. The van der Waals surface area contributed by atoms with Crippen molar-refractivity contribution in [1.82, 2.24) is 9.03 Å². The molecule has 0 aromatic heterocycles. The number of nitrogens with zero attached hydrogens (tertiary/aromatic N) is 1. The molecule has 2 N–H and O–H groups in total. The Morgan fingerprint density at radius 1 is 1.16 bits per heavy atom. The topological polar surface area (TPSA) is 121 Å². The summed E-state index contributed by atoms with van der Waals surface area (Å²) in [6.07, 6.45) is 2.51. The number of hydrogen-bond donors (Lipinski definition) is 2. The lowest BCUT2D eigenvalue weighted by Gasteiger charge is -2.26. The first-order valence-electron chi connectivity index (χ1n) is 7.91. The van der Waals surface area contributed by atoms with Crippen LogP contribution in [0, 0.1) is 6.92 Å². The molecule has 0 spiro atoms. The molecule has 140 valence electrons. The van der Waals surface area contributed by atoms with Gasteiger partial charge in [0.2, 0.25) is 20.0 Å². The van der Waals surface area contributed by atoms with E-state index in [1.165, 1.54) is 23.4 Å². The van der Waals surface area contributed by atoms with Crippen LogP contribution >= 0.6 is 0 Å². The van der Waals surface area contributed by atoms with E-state index in [1.54, 1.807) is 6.92 Å². The van der Waals surface area contributed by atoms with Crippen molar-refractivity contribution >= 4 is 26.0 Å². The second-order valence-electron chi connectivity index (χ2n) is 6.07. The number of carboxylic acid groups (broad SMARTS) is 1. The van der Waals surface area contributed by atoms with Crippen molar-refractivity contribution in [2.45, 2.75) is 48.9 Å². The molecule has 2 rings (SSSR count). The molecule has 1 aliphatic heterocycles. The first-order chi connectivity index (χ1) is 11.6.